The molecule has 88 valence electrons. The monoisotopic (exact) mass is 258 g/mol. The molecule has 1 rings (SSSR count). The third-order valence-electron chi connectivity index (χ3n) is 1.88. The largest absolute Gasteiger partial charge is 0.466 e. The van der Waals surface area contributed by atoms with Crippen molar-refractivity contribution in [1.82, 2.24) is 4.98 Å². The third-order valence-corrected chi connectivity index (χ3v) is 4.16. The summed E-state index contributed by atoms with van der Waals surface area (Å²) in [6.07, 6.45) is 1.84. The van der Waals surface area contributed by atoms with Crippen LogP contribution in [-0.4, -0.2) is 23.8 Å². The molecule has 0 saturated carbocycles. The second-order valence-corrected chi connectivity index (χ2v) is 5.43. The number of methoxy groups -OCH3 is 1. The van der Waals surface area contributed by atoms with Gasteiger partial charge < -0.3 is 10.5 Å². The van der Waals surface area contributed by atoms with Gasteiger partial charge in [-0.1, -0.05) is 17.4 Å². The SMILES string of the molecule is COC(=O)C(C)=CCSc1sc(N)nc1C. The van der Waals surface area contributed by atoms with Gasteiger partial charge in [-0.05, 0) is 13.8 Å². The van der Waals surface area contributed by atoms with Gasteiger partial charge in [-0.25, -0.2) is 9.78 Å². The minimum Gasteiger partial charge on any atom is -0.466 e. The third kappa shape index (κ3) is 3.53. The molecular weight excluding hydrogens is 244 g/mol. The molecule has 4 nitrogen and oxygen atoms in total. The first-order valence-corrected chi connectivity index (χ1v) is 6.45. The van der Waals surface area contributed by atoms with Crippen LogP contribution in [0.4, 0.5) is 5.13 Å². The quantitative estimate of drug-likeness (QED) is 0.510. The smallest absolute Gasteiger partial charge is 0.333 e. The lowest BCUT2D eigenvalue weighted by Gasteiger charge is -1.98. The molecule has 0 amide bonds. The van der Waals surface area contributed by atoms with Crippen LogP contribution in [-0.2, 0) is 9.53 Å². The Hall–Kier alpha value is -1.01. The summed E-state index contributed by atoms with van der Waals surface area (Å²) in [5.74, 6) is 0.421. The summed E-state index contributed by atoms with van der Waals surface area (Å²) in [5.41, 5.74) is 7.14. The number of rotatable bonds is 4. The van der Waals surface area contributed by atoms with Crippen molar-refractivity contribution >= 4 is 34.2 Å². The lowest BCUT2D eigenvalue weighted by molar-refractivity contribution is -0.136. The number of aryl methyl sites for hydroxylation is 1. The predicted octanol–water partition coefficient (Wildman–Crippen LogP) is 2.25. The number of carbonyl (C=O) groups is 1. The van der Waals surface area contributed by atoms with E-state index in [4.69, 9.17) is 5.73 Å². The van der Waals surface area contributed by atoms with Crippen LogP contribution in [0.5, 0.6) is 0 Å². The summed E-state index contributed by atoms with van der Waals surface area (Å²) in [7, 11) is 1.38. The van der Waals surface area contributed by atoms with E-state index in [2.05, 4.69) is 9.72 Å². The maximum atomic E-state index is 11.1. The maximum Gasteiger partial charge on any atom is 0.333 e. The molecule has 0 aliphatic heterocycles. The van der Waals surface area contributed by atoms with Gasteiger partial charge in [0.2, 0.25) is 0 Å². The number of carbonyl (C=O) groups excluding carboxylic acids is 1. The summed E-state index contributed by atoms with van der Waals surface area (Å²) in [6.45, 7) is 3.66. The predicted molar refractivity (Wildman–Crippen MR) is 67.8 cm³/mol. The van der Waals surface area contributed by atoms with E-state index in [0.29, 0.717) is 16.5 Å². The molecule has 0 aliphatic carbocycles. The van der Waals surface area contributed by atoms with E-state index in [1.165, 1.54) is 18.4 Å². The van der Waals surface area contributed by atoms with Crippen LogP contribution >= 0.6 is 23.1 Å². The van der Waals surface area contributed by atoms with E-state index >= 15 is 0 Å². The fourth-order valence-corrected chi connectivity index (χ4v) is 3.02. The fourth-order valence-electron chi connectivity index (χ4n) is 1.02. The molecule has 0 fully saturated rings. The lowest BCUT2D eigenvalue weighted by Crippen LogP contribution is -2.01. The number of thioether (sulfide) groups is 1. The number of thiazole rings is 1. The highest BCUT2D eigenvalue weighted by molar-refractivity contribution is 8.01. The normalized spacial score (nSPS) is 11.6. The first kappa shape index (κ1) is 13.1. The van der Waals surface area contributed by atoms with Crippen LogP contribution in [0.2, 0.25) is 0 Å². The molecule has 0 radical (unpaired) electrons. The molecule has 0 atom stereocenters. The average Bonchev–Trinajstić information content (AvgIpc) is 2.56. The molecule has 0 spiro atoms. The average molecular weight is 258 g/mol. The molecule has 0 bridgehead atoms. The van der Waals surface area contributed by atoms with Crippen molar-refractivity contribution < 1.29 is 9.53 Å². The Bertz CT molecular complexity index is 413. The van der Waals surface area contributed by atoms with Gasteiger partial charge >= 0.3 is 5.97 Å². The molecular formula is C10H14N2O2S2. The molecule has 2 N–H and O–H groups in total. The van der Waals surface area contributed by atoms with Crippen molar-refractivity contribution in [3.8, 4) is 0 Å². The van der Waals surface area contributed by atoms with E-state index in [-0.39, 0.29) is 5.97 Å². The van der Waals surface area contributed by atoms with Gasteiger partial charge in [0.15, 0.2) is 5.13 Å². The number of nitrogens with two attached hydrogens (primary N) is 1. The van der Waals surface area contributed by atoms with Crippen molar-refractivity contribution in [2.75, 3.05) is 18.6 Å². The minimum absolute atomic E-state index is 0.291. The Kier molecular flexibility index (Phi) is 4.82. The molecule has 0 saturated heterocycles. The highest BCUT2D eigenvalue weighted by Gasteiger charge is 2.06. The number of ether oxygens (including phenoxy) is 1. The molecule has 1 aromatic rings. The van der Waals surface area contributed by atoms with Crippen molar-refractivity contribution in [3.05, 3.63) is 17.3 Å². The summed E-state index contributed by atoms with van der Waals surface area (Å²) in [6, 6.07) is 0. The summed E-state index contributed by atoms with van der Waals surface area (Å²) in [5, 5.41) is 0.577. The summed E-state index contributed by atoms with van der Waals surface area (Å²) < 4.78 is 5.69. The molecule has 1 aromatic heterocycles. The van der Waals surface area contributed by atoms with Gasteiger partial charge in [-0.3, -0.25) is 0 Å². The van der Waals surface area contributed by atoms with Crippen LogP contribution in [0.3, 0.4) is 0 Å². The summed E-state index contributed by atoms with van der Waals surface area (Å²) in [4.78, 5) is 15.2. The van der Waals surface area contributed by atoms with Crippen LogP contribution in [0.15, 0.2) is 15.9 Å². The Morgan fingerprint density at radius 1 is 1.69 bits per heavy atom. The van der Waals surface area contributed by atoms with Crippen molar-refractivity contribution in [2.45, 2.75) is 18.1 Å². The molecule has 6 heteroatoms. The minimum atomic E-state index is -0.291. The highest BCUT2D eigenvalue weighted by atomic mass is 32.2. The first-order chi connectivity index (χ1) is 7.54. The topological polar surface area (TPSA) is 65.2 Å². The second kappa shape index (κ2) is 5.91. The Morgan fingerprint density at radius 2 is 2.38 bits per heavy atom. The number of anilines is 1. The zero-order valence-electron chi connectivity index (χ0n) is 9.44. The van der Waals surface area contributed by atoms with E-state index in [1.807, 2.05) is 13.0 Å². The lowest BCUT2D eigenvalue weighted by atomic mass is 10.3. The number of nitrogen functional groups attached to an aromatic ring is 1. The maximum absolute atomic E-state index is 11.1. The number of hydrogen-bond donors (Lipinski definition) is 1. The van der Waals surface area contributed by atoms with Crippen molar-refractivity contribution in [3.63, 3.8) is 0 Å². The van der Waals surface area contributed by atoms with Gasteiger partial charge in [-0.15, -0.1) is 11.8 Å². The number of hydrogen-bond acceptors (Lipinski definition) is 6. The van der Waals surface area contributed by atoms with Gasteiger partial charge in [0.05, 0.1) is 17.0 Å². The molecule has 0 unspecified atom stereocenters. The fraction of sp³-hybridized carbons (Fsp3) is 0.400. The van der Waals surface area contributed by atoms with Gasteiger partial charge in [0, 0.05) is 11.3 Å². The zero-order chi connectivity index (χ0) is 12.1. The highest BCUT2D eigenvalue weighted by Crippen LogP contribution is 2.30. The molecule has 0 aliphatic rings. The van der Waals surface area contributed by atoms with Gasteiger partial charge in [-0.2, -0.15) is 0 Å². The van der Waals surface area contributed by atoms with Crippen LogP contribution in [0, 0.1) is 6.92 Å². The molecule has 1 heterocycles. The van der Waals surface area contributed by atoms with E-state index in [9.17, 15) is 4.79 Å². The number of aromatic nitrogens is 1. The molecule has 16 heavy (non-hydrogen) atoms. The Morgan fingerprint density at radius 3 is 2.88 bits per heavy atom. The van der Waals surface area contributed by atoms with Crippen molar-refractivity contribution in [2.24, 2.45) is 0 Å². The summed E-state index contributed by atoms with van der Waals surface area (Å²) >= 11 is 3.08. The van der Waals surface area contributed by atoms with E-state index < -0.39 is 0 Å². The van der Waals surface area contributed by atoms with Crippen molar-refractivity contribution in [1.29, 1.82) is 0 Å². The molecule has 0 aromatic carbocycles. The zero-order valence-corrected chi connectivity index (χ0v) is 11.1. The van der Waals surface area contributed by atoms with Crippen LogP contribution < -0.4 is 5.73 Å². The number of esters is 1. The Balaban J connectivity index is 2.53. The van der Waals surface area contributed by atoms with Gasteiger partial charge in [0.1, 0.15) is 0 Å². The standard InChI is InChI=1S/C10H14N2O2S2/c1-6(8(13)14-3)4-5-15-9-7(2)12-10(11)16-9/h4H,5H2,1-3H3,(H2,11,12). The first-order valence-electron chi connectivity index (χ1n) is 4.65. The van der Waals surface area contributed by atoms with Crippen LogP contribution in [0.1, 0.15) is 12.6 Å². The van der Waals surface area contributed by atoms with E-state index in [1.54, 1.807) is 18.7 Å². The van der Waals surface area contributed by atoms with Gasteiger partial charge in [0.25, 0.3) is 0 Å². The Labute approximate surface area is 103 Å². The number of nitrogens with zero attached hydrogens (tertiary/aromatic N) is 1. The van der Waals surface area contributed by atoms with Crippen LogP contribution in [0.25, 0.3) is 0 Å². The van der Waals surface area contributed by atoms with E-state index in [0.717, 1.165) is 9.90 Å². The second-order valence-electron chi connectivity index (χ2n) is 3.11.